The Balaban J connectivity index is 1.20. The van der Waals surface area contributed by atoms with Gasteiger partial charge in [0, 0.05) is 22.3 Å². The van der Waals surface area contributed by atoms with Crippen LogP contribution in [0.15, 0.2) is 170 Å². The summed E-state index contributed by atoms with van der Waals surface area (Å²) in [6, 6.07) is 58.9. The standard InChI is InChI=1S/C43H28N4/c1-4-12-31(13-5-1)40-41(32-14-6-2-7-15-32)46-43(42(45-40)33-16-8-3-9-17-33)34-23-20-29(21-24-34)35-25-22-30-26-27-39-44-36-18-10-11-19-37(36)47(39)38(30)28-35/h1-28H. The van der Waals surface area contributed by atoms with Crippen molar-refractivity contribution >= 4 is 27.6 Å². The summed E-state index contributed by atoms with van der Waals surface area (Å²) in [5, 5.41) is 1.18. The van der Waals surface area contributed by atoms with Gasteiger partial charge < -0.3 is 0 Å². The van der Waals surface area contributed by atoms with E-state index in [-0.39, 0.29) is 0 Å². The fourth-order valence-corrected chi connectivity index (χ4v) is 6.48. The Labute approximate surface area is 272 Å². The van der Waals surface area contributed by atoms with Crippen molar-refractivity contribution in [1.29, 1.82) is 0 Å². The third-order valence-electron chi connectivity index (χ3n) is 8.80. The van der Waals surface area contributed by atoms with Gasteiger partial charge in [-0.05, 0) is 46.8 Å². The SMILES string of the molecule is c1ccc(-c2nc(-c3ccccc3)c(-c3ccc(-c4ccc5ccc6nc7ccccc7n6c5c4)cc3)nc2-c2ccccc2)cc1. The Morgan fingerprint density at radius 1 is 0.319 bits per heavy atom. The number of fused-ring (bicyclic) bond motifs is 5. The highest BCUT2D eigenvalue weighted by Crippen LogP contribution is 2.38. The smallest absolute Gasteiger partial charge is 0.138 e. The average molecular weight is 601 g/mol. The van der Waals surface area contributed by atoms with Gasteiger partial charge in [-0.25, -0.2) is 15.0 Å². The molecule has 3 aromatic heterocycles. The van der Waals surface area contributed by atoms with E-state index in [9.17, 15) is 0 Å². The molecular weight excluding hydrogens is 573 g/mol. The van der Waals surface area contributed by atoms with Crippen LogP contribution in [-0.4, -0.2) is 19.4 Å². The zero-order chi connectivity index (χ0) is 31.2. The molecule has 0 bridgehead atoms. The van der Waals surface area contributed by atoms with Crippen LogP contribution in [0, 0.1) is 0 Å². The first-order valence-corrected chi connectivity index (χ1v) is 15.8. The highest BCUT2D eigenvalue weighted by molar-refractivity contribution is 5.93. The molecule has 4 heteroatoms. The number of para-hydroxylation sites is 2. The van der Waals surface area contributed by atoms with Crippen molar-refractivity contribution in [3.05, 3.63) is 170 Å². The Hall–Kier alpha value is -6.39. The molecule has 0 amide bonds. The molecule has 0 fully saturated rings. The summed E-state index contributed by atoms with van der Waals surface area (Å²) in [4.78, 5) is 15.6. The van der Waals surface area contributed by atoms with E-state index in [0.717, 1.165) is 78.4 Å². The van der Waals surface area contributed by atoms with E-state index in [2.05, 4.69) is 138 Å². The molecule has 0 radical (unpaired) electrons. The van der Waals surface area contributed by atoms with Crippen LogP contribution in [0.2, 0.25) is 0 Å². The van der Waals surface area contributed by atoms with Crippen LogP contribution in [0.5, 0.6) is 0 Å². The summed E-state index contributed by atoms with van der Waals surface area (Å²) < 4.78 is 2.25. The largest absolute Gasteiger partial charge is 0.292 e. The van der Waals surface area contributed by atoms with Gasteiger partial charge >= 0.3 is 0 Å². The minimum Gasteiger partial charge on any atom is -0.292 e. The fraction of sp³-hybridized carbons (Fsp3) is 0. The molecule has 220 valence electrons. The van der Waals surface area contributed by atoms with Crippen molar-refractivity contribution in [2.45, 2.75) is 0 Å². The lowest BCUT2D eigenvalue weighted by atomic mass is 9.97. The highest BCUT2D eigenvalue weighted by atomic mass is 15.0. The lowest BCUT2D eigenvalue weighted by Gasteiger charge is -2.16. The van der Waals surface area contributed by atoms with E-state index in [1.165, 1.54) is 5.39 Å². The van der Waals surface area contributed by atoms with Gasteiger partial charge in [0.25, 0.3) is 0 Å². The van der Waals surface area contributed by atoms with Gasteiger partial charge in [-0.1, -0.05) is 140 Å². The first-order chi connectivity index (χ1) is 23.3. The number of aromatic nitrogens is 4. The minimum absolute atomic E-state index is 0.853. The Kier molecular flexibility index (Phi) is 6.43. The van der Waals surface area contributed by atoms with E-state index in [1.807, 2.05) is 36.4 Å². The van der Waals surface area contributed by atoms with E-state index < -0.39 is 0 Å². The third kappa shape index (κ3) is 4.75. The maximum absolute atomic E-state index is 5.39. The summed E-state index contributed by atoms with van der Waals surface area (Å²) in [7, 11) is 0. The summed E-state index contributed by atoms with van der Waals surface area (Å²) in [5.41, 5.74) is 14.0. The van der Waals surface area contributed by atoms with Crippen LogP contribution in [0.4, 0.5) is 0 Å². The van der Waals surface area contributed by atoms with Crippen LogP contribution < -0.4 is 0 Å². The number of benzene rings is 6. The van der Waals surface area contributed by atoms with E-state index >= 15 is 0 Å². The number of pyridine rings is 1. The Morgan fingerprint density at radius 3 is 1.34 bits per heavy atom. The number of imidazole rings is 1. The maximum atomic E-state index is 5.39. The molecule has 4 nitrogen and oxygen atoms in total. The second-order valence-corrected chi connectivity index (χ2v) is 11.7. The monoisotopic (exact) mass is 600 g/mol. The molecule has 0 unspecified atom stereocenters. The quantitative estimate of drug-likeness (QED) is 0.197. The van der Waals surface area contributed by atoms with Crippen LogP contribution >= 0.6 is 0 Å². The average Bonchev–Trinajstić information content (AvgIpc) is 3.55. The van der Waals surface area contributed by atoms with Crippen molar-refractivity contribution < 1.29 is 0 Å². The summed E-state index contributed by atoms with van der Waals surface area (Å²) in [5.74, 6) is 0. The fourth-order valence-electron chi connectivity index (χ4n) is 6.48. The predicted octanol–water partition coefficient (Wildman–Crippen LogP) is 10.8. The summed E-state index contributed by atoms with van der Waals surface area (Å²) >= 11 is 0. The maximum Gasteiger partial charge on any atom is 0.138 e. The highest BCUT2D eigenvalue weighted by Gasteiger charge is 2.19. The molecule has 0 spiro atoms. The van der Waals surface area contributed by atoms with Crippen LogP contribution in [0.25, 0.3) is 83.7 Å². The molecule has 0 aliphatic heterocycles. The molecule has 3 heterocycles. The number of hydrogen-bond donors (Lipinski definition) is 0. The molecule has 0 atom stereocenters. The van der Waals surface area contributed by atoms with Gasteiger partial charge in [-0.3, -0.25) is 4.40 Å². The molecule has 0 N–H and O–H groups in total. The molecule has 9 rings (SSSR count). The molecule has 6 aromatic carbocycles. The molecule has 0 aliphatic carbocycles. The van der Waals surface area contributed by atoms with Crippen molar-refractivity contribution in [3.63, 3.8) is 0 Å². The van der Waals surface area contributed by atoms with Gasteiger partial charge in [-0.15, -0.1) is 0 Å². The number of hydrogen-bond acceptors (Lipinski definition) is 3. The van der Waals surface area contributed by atoms with Gasteiger partial charge in [0.05, 0.1) is 39.3 Å². The normalized spacial score (nSPS) is 11.4. The van der Waals surface area contributed by atoms with E-state index in [1.54, 1.807) is 0 Å². The van der Waals surface area contributed by atoms with Crippen LogP contribution in [0.1, 0.15) is 0 Å². The minimum atomic E-state index is 0.853. The van der Waals surface area contributed by atoms with Crippen molar-refractivity contribution in [2.24, 2.45) is 0 Å². The van der Waals surface area contributed by atoms with Crippen molar-refractivity contribution in [2.75, 3.05) is 0 Å². The van der Waals surface area contributed by atoms with Crippen LogP contribution in [0.3, 0.4) is 0 Å². The second kappa shape index (κ2) is 11.2. The lowest BCUT2D eigenvalue weighted by Crippen LogP contribution is -2.00. The molecule has 0 saturated carbocycles. The number of nitrogens with zero attached hydrogens (tertiary/aromatic N) is 4. The van der Waals surface area contributed by atoms with E-state index in [4.69, 9.17) is 15.0 Å². The van der Waals surface area contributed by atoms with Gasteiger partial charge in [0.1, 0.15) is 5.65 Å². The Morgan fingerprint density at radius 2 is 0.766 bits per heavy atom. The zero-order valence-corrected chi connectivity index (χ0v) is 25.5. The second-order valence-electron chi connectivity index (χ2n) is 11.7. The molecule has 0 saturated heterocycles. The Bertz CT molecular complexity index is 2540. The van der Waals surface area contributed by atoms with Gasteiger partial charge in [0.2, 0.25) is 0 Å². The van der Waals surface area contributed by atoms with Crippen LogP contribution in [-0.2, 0) is 0 Å². The third-order valence-corrected chi connectivity index (χ3v) is 8.80. The first-order valence-electron chi connectivity index (χ1n) is 15.8. The predicted molar refractivity (Wildman–Crippen MR) is 193 cm³/mol. The molecular formula is C43H28N4. The first kappa shape index (κ1) is 27.0. The van der Waals surface area contributed by atoms with Gasteiger partial charge in [0.15, 0.2) is 0 Å². The van der Waals surface area contributed by atoms with Gasteiger partial charge in [-0.2, -0.15) is 0 Å². The summed E-state index contributed by atoms with van der Waals surface area (Å²) in [6.45, 7) is 0. The lowest BCUT2D eigenvalue weighted by molar-refractivity contribution is 1.21. The molecule has 0 aliphatic rings. The molecule has 47 heavy (non-hydrogen) atoms. The van der Waals surface area contributed by atoms with Crippen molar-refractivity contribution in [1.82, 2.24) is 19.4 Å². The topological polar surface area (TPSA) is 43.1 Å². The van der Waals surface area contributed by atoms with E-state index in [0.29, 0.717) is 0 Å². The molecule has 9 aromatic rings. The summed E-state index contributed by atoms with van der Waals surface area (Å²) in [6.07, 6.45) is 0. The number of rotatable bonds is 5. The van der Waals surface area contributed by atoms with Crippen molar-refractivity contribution in [3.8, 4) is 56.2 Å². The zero-order valence-electron chi connectivity index (χ0n) is 25.5.